The number of hydrogen-bond acceptors (Lipinski definition) is 15. The number of rotatable bonds is 31. The molecule has 17 heteroatoms. The zero-order chi connectivity index (χ0) is 50.1. The molecule has 0 spiro atoms. The first-order valence-corrected chi connectivity index (χ1v) is 25.6. The summed E-state index contributed by atoms with van der Waals surface area (Å²) >= 11 is 4.56. The second kappa shape index (κ2) is 33.2. The van der Waals surface area contributed by atoms with Gasteiger partial charge >= 0.3 is 47.5 Å². The summed E-state index contributed by atoms with van der Waals surface area (Å²) in [5.74, 6) is 0.130. The third-order valence-corrected chi connectivity index (χ3v) is 13.4. The maximum absolute atomic E-state index is 13.2. The molecule has 0 bridgehead atoms. The fourth-order valence-electron chi connectivity index (χ4n) is 8.44. The number of unbranched alkanes of at least 4 members (excludes halogenated alkanes) is 6. The van der Waals surface area contributed by atoms with Crippen LogP contribution in [0, 0.1) is 23.7 Å². The summed E-state index contributed by atoms with van der Waals surface area (Å²) in [7, 11) is 0. The van der Waals surface area contributed by atoms with E-state index in [1.807, 2.05) is 6.92 Å². The van der Waals surface area contributed by atoms with Gasteiger partial charge in [0.05, 0.1) is 44.2 Å². The maximum Gasteiger partial charge on any atom is 1.00 e. The predicted octanol–water partition coefficient (Wildman–Crippen LogP) is 7.41. The van der Waals surface area contributed by atoms with Gasteiger partial charge in [-0.2, -0.15) is 0 Å². The number of benzene rings is 3. The third-order valence-electron chi connectivity index (χ3n) is 12.8. The average molecular weight is 1020 g/mol. The van der Waals surface area contributed by atoms with Crippen molar-refractivity contribution in [3.8, 4) is 28.7 Å². The van der Waals surface area contributed by atoms with Crippen LogP contribution in [0.4, 0.5) is 5.69 Å². The summed E-state index contributed by atoms with van der Waals surface area (Å²) in [5.41, 5.74) is 9.34. The molecular formula is C54H74NNaO14S. The van der Waals surface area contributed by atoms with Crippen LogP contribution in [0.3, 0.4) is 0 Å². The van der Waals surface area contributed by atoms with E-state index in [2.05, 4.69) is 19.2 Å². The molecule has 0 heterocycles. The zero-order valence-electron chi connectivity index (χ0n) is 41.6. The summed E-state index contributed by atoms with van der Waals surface area (Å²) in [5, 5.41) is 29.6. The van der Waals surface area contributed by atoms with Crippen LogP contribution in [-0.2, 0) is 35.0 Å². The second-order valence-electron chi connectivity index (χ2n) is 18.1. The third kappa shape index (κ3) is 21.4. The van der Waals surface area contributed by atoms with Gasteiger partial charge in [0.15, 0.2) is 18.9 Å². The van der Waals surface area contributed by atoms with Gasteiger partial charge in [-0.05, 0) is 174 Å². The normalized spacial score (nSPS) is 19.1. The van der Waals surface area contributed by atoms with Crippen LogP contribution in [0.15, 0.2) is 78.2 Å². The molecular weight excluding hydrogens is 942 g/mol. The van der Waals surface area contributed by atoms with E-state index in [9.17, 15) is 29.7 Å². The minimum absolute atomic E-state index is 0. The number of nitrogens with one attached hydrogen (secondary N) is 1. The van der Waals surface area contributed by atoms with Gasteiger partial charge < -0.3 is 58.9 Å². The summed E-state index contributed by atoms with van der Waals surface area (Å²) in [6.45, 7) is 7.71. The van der Waals surface area contributed by atoms with Crippen molar-refractivity contribution >= 4 is 36.2 Å². The fraction of sp³-hybridized carbons (Fsp3) is 0.574. The minimum Gasteiger partial charge on any atom is -0.695 e. The van der Waals surface area contributed by atoms with Gasteiger partial charge in [0.2, 0.25) is 0 Å². The van der Waals surface area contributed by atoms with E-state index < -0.39 is 30.8 Å². The molecule has 5 rings (SSSR count). The van der Waals surface area contributed by atoms with E-state index in [-0.39, 0.29) is 77.3 Å². The molecule has 0 aliphatic heterocycles. The van der Waals surface area contributed by atoms with E-state index in [1.54, 1.807) is 60.7 Å². The molecule has 3 aromatic rings. The molecule has 386 valence electrons. The summed E-state index contributed by atoms with van der Waals surface area (Å²) in [6, 6.07) is 17.3. The molecule has 0 amide bonds. The number of esters is 3. The predicted molar refractivity (Wildman–Crippen MR) is 266 cm³/mol. The molecule has 0 radical (unpaired) electrons. The molecule has 2 aliphatic rings. The number of ether oxygens (including phenoxy) is 8. The van der Waals surface area contributed by atoms with Crippen molar-refractivity contribution in [3.63, 3.8) is 0 Å². The average Bonchev–Trinajstić information content (AvgIpc) is 3.38. The van der Waals surface area contributed by atoms with Crippen molar-refractivity contribution in [3.05, 3.63) is 84.6 Å². The Morgan fingerprint density at radius 3 is 1.52 bits per heavy atom. The monoisotopic (exact) mass is 1020 g/mol. The molecule has 2 aliphatic carbocycles. The second-order valence-corrected chi connectivity index (χ2v) is 18.5. The largest absolute Gasteiger partial charge is 1.00 e. The first kappa shape index (κ1) is 59.9. The molecule has 15 nitrogen and oxygen atoms in total. The Hall–Kier alpha value is -3.68. The molecule has 3 aromatic carbocycles. The van der Waals surface area contributed by atoms with E-state index in [0.717, 1.165) is 51.4 Å². The van der Waals surface area contributed by atoms with E-state index in [4.69, 9.17) is 43.6 Å². The van der Waals surface area contributed by atoms with Crippen LogP contribution < -0.4 is 53.2 Å². The molecule has 0 aromatic heterocycles. The smallest absolute Gasteiger partial charge is 0.695 e. The number of carbonyl (C=O) groups is 3. The summed E-state index contributed by atoms with van der Waals surface area (Å²) in [4.78, 5) is 39.5. The SMILES string of the molecule is C=CC(O)OCCCCCCOc1ccc(OC(=O)C2CCC(C(=O)Oc3ccc(CCOC(O)C4CCC(C(=O)Oc5ccc(OCCCCCCOC(O)CC)cc5)CC4)c(S)c3[NH-])CC2)cc1.[Na+]. The van der Waals surface area contributed by atoms with Gasteiger partial charge in [-0.3, -0.25) is 14.4 Å². The number of aliphatic hydroxyl groups is 3. The van der Waals surface area contributed by atoms with E-state index in [0.29, 0.717) is 124 Å². The van der Waals surface area contributed by atoms with Crippen LogP contribution in [0.5, 0.6) is 28.7 Å². The van der Waals surface area contributed by atoms with Gasteiger partial charge in [0.25, 0.3) is 0 Å². The van der Waals surface area contributed by atoms with Crippen molar-refractivity contribution in [2.45, 2.75) is 146 Å². The van der Waals surface area contributed by atoms with Crippen LogP contribution in [0.2, 0.25) is 0 Å². The Labute approximate surface area is 447 Å². The maximum atomic E-state index is 13.2. The molecule has 2 fully saturated rings. The van der Waals surface area contributed by atoms with Gasteiger partial charge in [-0.1, -0.05) is 38.1 Å². The molecule has 4 N–H and O–H groups in total. The first-order valence-electron chi connectivity index (χ1n) is 25.1. The van der Waals surface area contributed by atoms with Gasteiger partial charge in [-0.25, -0.2) is 0 Å². The number of aliphatic hydroxyl groups excluding tert-OH is 3. The topological polar surface area (TPSA) is 210 Å². The Morgan fingerprint density at radius 2 is 1.04 bits per heavy atom. The van der Waals surface area contributed by atoms with Crippen molar-refractivity contribution in [1.29, 1.82) is 0 Å². The van der Waals surface area contributed by atoms with Crippen LogP contribution in [0.1, 0.15) is 122 Å². The number of carbonyl (C=O) groups excluding carboxylic acids is 3. The molecule has 71 heavy (non-hydrogen) atoms. The molecule has 3 unspecified atom stereocenters. The Balaban J connectivity index is 0.0000110. The Kier molecular flexibility index (Phi) is 28.0. The van der Waals surface area contributed by atoms with E-state index in [1.165, 1.54) is 6.08 Å². The van der Waals surface area contributed by atoms with E-state index >= 15 is 0 Å². The Morgan fingerprint density at radius 1 is 0.606 bits per heavy atom. The van der Waals surface area contributed by atoms with Gasteiger partial charge in [-0.15, -0.1) is 12.6 Å². The van der Waals surface area contributed by atoms with Crippen LogP contribution in [-0.4, -0.2) is 85.1 Å². The summed E-state index contributed by atoms with van der Waals surface area (Å²) < 4.78 is 44.9. The van der Waals surface area contributed by atoms with Crippen molar-refractivity contribution in [2.24, 2.45) is 23.7 Å². The van der Waals surface area contributed by atoms with Gasteiger partial charge in [0, 0.05) is 12.5 Å². The van der Waals surface area contributed by atoms with Crippen molar-refractivity contribution < 1.29 is 97.2 Å². The minimum atomic E-state index is -1.01. The molecule has 0 saturated heterocycles. The number of hydrogen-bond donors (Lipinski definition) is 4. The van der Waals surface area contributed by atoms with Gasteiger partial charge in [0.1, 0.15) is 28.7 Å². The first-order chi connectivity index (χ1) is 33.9. The Bertz CT molecular complexity index is 2030. The number of thiol groups is 1. The van der Waals surface area contributed by atoms with Crippen molar-refractivity contribution in [1.82, 2.24) is 0 Å². The summed E-state index contributed by atoms with van der Waals surface area (Å²) in [6.07, 6.45) is 11.4. The molecule has 3 atom stereocenters. The van der Waals surface area contributed by atoms with Crippen LogP contribution >= 0.6 is 12.6 Å². The molecule has 2 saturated carbocycles. The van der Waals surface area contributed by atoms with Crippen LogP contribution in [0.25, 0.3) is 5.73 Å². The van der Waals surface area contributed by atoms with Crippen molar-refractivity contribution in [2.75, 3.05) is 33.0 Å². The zero-order valence-corrected chi connectivity index (χ0v) is 44.5. The fourth-order valence-corrected chi connectivity index (χ4v) is 8.73. The quantitative estimate of drug-likeness (QED) is 0.00941. The standard InChI is InChI=1S/C54H74NO14S.Na/c1-3-47(56)64-34-11-7-5-9-32-62-42-22-26-44(27-23-42)67-52(59)39-15-13-38(14-16-39)51(58)66-36-31-37-21-30-46(49(55)50(37)70)69-54(61)41-19-17-40(18-20-41)53(60)68-45-28-24-43(25-29-45)63-33-10-6-8-12-35-65-48(57)4-2;/h4,21-30,38-41,47-48,51,55-58,70H,2-3,5-20,31-36H2,1H3;/q-1;+1.